The van der Waals surface area contributed by atoms with E-state index in [0.29, 0.717) is 44.9 Å². The second kappa shape index (κ2) is 15.2. The minimum atomic E-state index is -4.95. The number of nitrogens with zero attached hydrogens (tertiary/aromatic N) is 3. The molecule has 2 saturated carbocycles. The molecule has 5 aliphatic rings. The van der Waals surface area contributed by atoms with Crippen molar-refractivity contribution in [3.05, 3.63) is 35.5 Å². The Morgan fingerprint density at radius 1 is 1.12 bits per heavy atom. The van der Waals surface area contributed by atoms with E-state index in [1.807, 2.05) is 13.0 Å². The third kappa shape index (κ3) is 7.89. The molecule has 6 atom stereocenters. The fourth-order valence-corrected chi connectivity index (χ4v) is 9.43. The van der Waals surface area contributed by atoms with Gasteiger partial charge in [0.15, 0.2) is 11.4 Å². The number of allylic oxidation sites excluding steroid dienone is 1. The number of carbonyl (C=O) groups is 4. The summed E-state index contributed by atoms with van der Waals surface area (Å²) in [5, 5.41) is 5.44. The number of hydrogen-bond donors (Lipinski definition) is 3. The maximum atomic E-state index is 14.7. The highest BCUT2D eigenvalue weighted by Gasteiger charge is 2.64. The quantitative estimate of drug-likeness (QED) is 0.330. The topological polar surface area (TPSA) is 195 Å². The second-order valence-corrected chi connectivity index (χ2v) is 18.7. The molecule has 1 saturated heterocycles. The zero-order valence-corrected chi connectivity index (χ0v) is 33.7. The van der Waals surface area contributed by atoms with Crippen molar-refractivity contribution in [3.63, 3.8) is 0 Å². The molecule has 4 amide bonds. The normalized spacial score (nSPS) is 29.3. The molecule has 0 unspecified atom stereocenters. The second-order valence-electron chi connectivity index (χ2n) is 16.5. The molecule has 3 fully saturated rings. The van der Waals surface area contributed by atoms with Gasteiger partial charge in [-0.05, 0) is 77.7 Å². The summed E-state index contributed by atoms with van der Waals surface area (Å²) in [5.74, 6) is -3.41. The molecule has 5 heterocycles. The molecule has 0 aromatic carbocycles. The largest absolute Gasteiger partial charge is 0.483 e. The SMILES string of the molecule is CC[C@H](C)OC(=O)N[C@H]1CCCCC/C=C\[C@@H]2C[C@@]2(C(=O)NS(=O)(=O)C2(C)CC2)NC(=O)[C@@H]2C[C@]3(CCc4c(c(C(F)(F)F)nc5ccc(OC)nc45)O3)CN2C1=O. The first-order valence-electron chi connectivity index (χ1n) is 19.8. The van der Waals surface area contributed by atoms with Crippen LogP contribution in [0.1, 0.15) is 103 Å². The van der Waals surface area contributed by atoms with Gasteiger partial charge in [0, 0.05) is 24.0 Å². The molecule has 19 heteroatoms. The smallest absolute Gasteiger partial charge is 0.437 e. The minimum absolute atomic E-state index is 0.00667. The van der Waals surface area contributed by atoms with Crippen LogP contribution >= 0.6 is 0 Å². The van der Waals surface area contributed by atoms with Crippen molar-refractivity contribution in [2.75, 3.05) is 13.7 Å². The summed E-state index contributed by atoms with van der Waals surface area (Å²) in [7, 11) is -2.72. The number of methoxy groups -OCH3 is 1. The van der Waals surface area contributed by atoms with Crippen molar-refractivity contribution in [2.45, 2.75) is 138 Å². The van der Waals surface area contributed by atoms with Crippen molar-refractivity contribution in [2.24, 2.45) is 5.92 Å². The Bertz CT molecular complexity index is 2150. The molecule has 2 aromatic heterocycles. The van der Waals surface area contributed by atoms with Crippen molar-refractivity contribution in [3.8, 4) is 11.6 Å². The van der Waals surface area contributed by atoms with Crippen LogP contribution < -0.4 is 24.8 Å². The number of aromatic nitrogens is 2. The van der Waals surface area contributed by atoms with Gasteiger partial charge in [-0.3, -0.25) is 19.1 Å². The Hall–Kier alpha value is -4.68. The van der Waals surface area contributed by atoms with E-state index >= 15 is 0 Å². The molecular weight excluding hydrogens is 786 g/mol. The van der Waals surface area contributed by atoms with Crippen molar-refractivity contribution < 1.29 is 55.0 Å². The average Bonchev–Trinajstić information content (AvgIpc) is 4.06. The van der Waals surface area contributed by atoms with Crippen LogP contribution in [-0.4, -0.2) is 94.8 Å². The van der Waals surface area contributed by atoms with Crippen LogP contribution in [0.2, 0.25) is 0 Å². The van der Waals surface area contributed by atoms with E-state index in [9.17, 15) is 40.8 Å². The molecule has 3 N–H and O–H groups in total. The number of aryl methyl sites for hydroxylation is 1. The zero-order valence-electron chi connectivity index (χ0n) is 32.9. The predicted octanol–water partition coefficient (Wildman–Crippen LogP) is 4.61. The molecule has 1 spiro atoms. The van der Waals surface area contributed by atoms with Crippen LogP contribution in [0.15, 0.2) is 24.3 Å². The summed E-state index contributed by atoms with van der Waals surface area (Å²) in [6, 6.07) is 0.194. The molecule has 15 nitrogen and oxygen atoms in total. The molecule has 2 aromatic rings. The van der Waals surface area contributed by atoms with Crippen LogP contribution in [0.3, 0.4) is 0 Å². The number of fused-ring (bicyclic) bond motifs is 5. The van der Waals surface area contributed by atoms with E-state index in [1.165, 1.54) is 31.1 Å². The number of ether oxygens (including phenoxy) is 3. The van der Waals surface area contributed by atoms with Crippen molar-refractivity contribution in [1.82, 2.24) is 30.2 Å². The number of alkyl halides is 3. The van der Waals surface area contributed by atoms with Gasteiger partial charge >= 0.3 is 12.3 Å². The lowest BCUT2D eigenvalue weighted by Crippen LogP contribution is -2.58. The molecule has 2 aliphatic carbocycles. The van der Waals surface area contributed by atoms with Crippen LogP contribution in [-0.2, 0) is 41.7 Å². The molecule has 316 valence electrons. The van der Waals surface area contributed by atoms with Crippen LogP contribution in [0, 0.1) is 5.92 Å². The summed E-state index contributed by atoms with van der Waals surface area (Å²) in [6.45, 7) is 4.70. The molecule has 7 rings (SSSR count). The molecular formula is C39H49F3N6O9S. The van der Waals surface area contributed by atoms with Crippen LogP contribution in [0.5, 0.6) is 11.6 Å². The number of pyridine rings is 2. The van der Waals surface area contributed by atoms with Gasteiger partial charge in [-0.25, -0.2) is 23.2 Å². The molecule has 3 aliphatic heterocycles. The van der Waals surface area contributed by atoms with E-state index in [2.05, 4.69) is 25.3 Å². The van der Waals surface area contributed by atoms with Crippen LogP contribution in [0.4, 0.5) is 18.0 Å². The Morgan fingerprint density at radius 2 is 1.88 bits per heavy atom. The summed E-state index contributed by atoms with van der Waals surface area (Å²) in [6.07, 6.45) is 1.15. The predicted molar refractivity (Wildman–Crippen MR) is 202 cm³/mol. The highest BCUT2D eigenvalue weighted by Crippen LogP contribution is 2.50. The first-order chi connectivity index (χ1) is 27.3. The Kier molecular flexibility index (Phi) is 10.8. The van der Waals surface area contributed by atoms with E-state index < -0.39 is 91.5 Å². The van der Waals surface area contributed by atoms with Gasteiger partial charge in [-0.2, -0.15) is 13.2 Å². The average molecular weight is 835 g/mol. The fraction of sp³-hybridized carbons (Fsp3) is 0.641. The minimum Gasteiger partial charge on any atom is -0.483 e. The number of amides is 4. The Labute approximate surface area is 334 Å². The number of rotatable bonds is 7. The summed E-state index contributed by atoms with van der Waals surface area (Å²) in [5.41, 5.74) is -4.24. The van der Waals surface area contributed by atoms with E-state index in [0.717, 1.165) is 0 Å². The highest BCUT2D eigenvalue weighted by molar-refractivity contribution is 7.91. The summed E-state index contributed by atoms with van der Waals surface area (Å²) in [4.78, 5) is 65.7. The fourth-order valence-electron chi connectivity index (χ4n) is 8.12. The number of nitrogens with one attached hydrogen (secondary N) is 3. The third-order valence-electron chi connectivity index (χ3n) is 12.3. The zero-order chi connectivity index (χ0) is 41.8. The van der Waals surface area contributed by atoms with Crippen molar-refractivity contribution in [1.29, 1.82) is 0 Å². The maximum Gasteiger partial charge on any atom is 0.437 e. The lowest BCUT2D eigenvalue weighted by atomic mass is 9.87. The number of halogens is 3. The molecule has 0 bridgehead atoms. The van der Waals surface area contributed by atoms with Gasteiger partial charge in [0.05, 0.1) is 29.4 Å². The molecule has 0 radical (unpaired) electrons. The van der Waals surface area contributed by atoms with Crippen molar-refractivity contribution >= 4 is 44.9 Å². The number of sulfonamides is 1. The Morgan fingerprint density at radius 3 is 2.57 bits per heavy atom. The number of hydrogen-bond acceptors (Lipinski definition) is 11. The summed E-state index contributed by atoms with van der Waals surface area (Å²) >= 11 is 0. The maximum absolute atomic E-state index is 14.7. The summed E-state index contributed by atoms with van der Waals surface area (Å²) < 4.78 is 88.6. The number of carbonyl (C=O) groups excluding carboxylic acids is 4. The standard InChI is InChI=1S/C39H49F3N6O9S/c1-5-22(2)56-35(52)44-26-12-10-8-6-7-9-11-23-19-38(23,34(51)47-58(53,54)36(3)17-18-36)46-32(49)27-20-37(21-48(27)33(26)50)16-15-24-29-25(13-14-28(45-29)55-4)43-31(30(24)57-37)39(40,41)42/h9,11,13-14,22-23,26-27H,5-8,10,12,15-21H2,1-4H3,(H,44,52)(H,46,49)(H,47,51)/b11-9-/t22-,23+,26-,27-,37+,38+/m0/s1. The van der Waals surface area contributed by atoms with E-state index in [1.54, 1.807) is 13.0 Å². The number of alkyl carbamates (subject to hydrolysis) is 1. The third-order valence-corrected chi connectivity index (χ3v) is 14.4. The lowest BCUT2D eigenvalue weighted by molar-refractivity contribution is -0.144. The lowest BCUT2D eigenvalue weighted by Gasteiger charge is -2.37. The van der Waals surface area contributed by atoms with E-state index in [4.69, 9.17) is 14.2 Å². The Balaban J connectivity index is 1.27. The van der Waals surface area contributed by atoms with E-state index in [-0.39, 0.29) is 61.1 Å². The van der Waals surface area contributed by atoms with Gasteiger partial charge in [0.1, 0.15) is 29.3 Å². The first-order valence-corrected chi connectivity index (χ1v) is 21.3. The first kappa shape index (κ1) is 41.5. The van der Waals surface area contributed by atoms with Gasteiger partial charge in [0.25, 0.3) is 5.91 Å². The van der Waals surface area contributed by atoms with Gasteiger partial charge in [-0.15, -0.1) is 0 Å². The van der Waals surface area contributed by atoms with Gasteiger partial charge < -0.3 is 29.7 Å². The molecule has 58 heavy (non-hydrogen) atoms. The monoisotopic (exact) mass is 834 g/mol. The van der Waals surface area contributed by atoms with Gasteiger partial charge in [-0.1, -0.05) is 31.9 Å². The van der Waals surface area contributed by atoms with Gasteiger partial charge in [0.2, 0.25) is 27.7 Å². The van der Waals surface area contributed by atoms with Crippen LogP contribution in [0.25, 0.3) is 11.0 Å². The highest BCUT2D eigenvalue weighted by atomic mass is 32.2.